The first-order chi connectivity index (χ1) is 13.7. The van der Waals surface area contributed by atoms with Gasteiger partial charge in [0.15, 0.2) is 0 Å². The second kappa shape index (κ2) is 10.3. The number of nitriles is 1. The van der Waals surface area contributed by atoms with Crippen molar-refractivity contribution in [3.63, 3.8) is 0 Å². The molecule has 0 atom stereocenters. The topological polar surface area (TPSA) is 47.3 Å². The van der Waals surface area contributed by atoms with Gasteiger partial charge in [-0.25, -0.2) is 4.39 Å². The van der Waals surface area contributed by atoms with Crippen LogP contribution in [-0.2, 0) is 11.3 Å². The van der Waals surface area contributed by atoms with Crippen molar-refractivity contribution in [2.24, 2.45) is 0 Å². The lowest BCUT2D eigenvalue weighted by molar-refractivity contribution is -0.130. The van der Waals surface area contributed by atoms with Crippen molar-refractivity contribution in [2.75, 3.05) is 31.9 Å². The SMILES string of the molecule is N#Cc1ccc(CN2CCCN(C(=O)CCSc3ccccc3F)CC2)cc1. The van der Waals surface area contributed by atoms with Crippen molar-refractivity contribution in [3.8, 4) is 6.07 Å². The molecule has 1 aliphatic heterocycles. The van der Waals surface area contributed by atoms with Gasteiger partial charge in [0.1, 0.15) is 5.82 Å². The van der Waals surface area contributed by atoms with Crippen LogP contribution in [0.25, 0.3) is 0 Å². The summed E-state index contributed by atoms with van der Waals surface area (Å²) in [6, 6.07) is 16.5. The van der Waals surface area contributed by atoms with E-state index in [2.05, 4.69) is 11.0 Å². The first-order valence-electron chi connectivity index (χ1n) is 9.52. The Hall–Kier alpha value is -2.36. The van der Waals surface area contributed by atoms with Crippen molar-refractivity contribution in [1.82, 2.24) is 9.80 Å². The number of thioether (sulfide) groups is 1. The van der Waals surface area contributed by atoms with Crippen molar-refractivity contribution >= 4 is 17.7 Å². The quantitative estimate of drug-likeness (QED) is 0.694. The van der Waals surface area contributed by atoms with Gasteiger partial charge in [-0.3, -0.25) is 9.69 Å². The molecule has 0 radical (unpaired) electrons. The molecule has 146 valence electrons. The number of carbonyl (C=O) groups excluding carboxylic acids is 1. The molecule has 2 aromatic rings. The Balaban J connectivity index is 1.44. The Kier molecular flexibility index (Phi) is 7.46. The molecular weight excluding hydrogens is 373 g/mol. The van der Waals surface area contributed by atoms with Crippen LogP contribution < -0.4 is 0 Å². The van der Waals surface area contributed by atoms with Crippen LogP contribution >= 0.6 is 11.8 Å². The summed E-state index contributed by atoms with van der Waals surface area (Å²) in [6.07, 6.45) is 1.37. The molecule has 0 spiro atoms. The van der Waals surface area contributed by atoms with Gasteiger partial charge < -0.3 is 4.90 Å². The van der Waals surface area contributed by atoms with Gasteiger partial charge in [-0.2, -0.15) is 5.26 Å². The summed E-state index contributed by atoms with van der Waals surface area (Å²) in [5.41, 5.74) is 1.85. The first-order valence-corrected chi connectivity index (χ1v) is 10.5. The number of rotatable bonds is 6. The Morgan fingerprint density at radius 2 is 1.86 bits per heavy atom. The Bertz CT molecular complexity index is 834. The molecule has 1 fully saturated rings. The fourth-order valence-corrected chi connectivity index (χ4v) is 4.17. The van der Waals surface area contributed by atoms with Crippen LogP contribution in [0.4, 0.5) is 4.39 Å². The van der Waals surface area contributed by atoms with Crippen LogP contribution in [0.2, 0.25) is 0 Å². The predicted octanol–water partition coefficient (Wildman–Crippen LogP) is 3.91. The zero-order chi connectivity index (χ0) is 19.8. The van der Waals surface area contributed by atoms with Gasteiger partial charge in [0.2, 0.25) is 5.91 Å². The van der Waals surface area contributed by atoms with Crippen molar-refractivity contribution in [2.45, 2.75) is 24.3 Å². The fourth-order valence-electron chi connectivity index (χ4n) is 3.29. The number of amides is 1. The molecule has 28 heavy (non-hydrogen) atoms. The standard InChI is InChI=1S/C22H24FN3OS/c23-20-4-1-2-5-21(20)28-15-10-22(27)26-12-3-11-25(13-14-26)17-19-8-6-18(16-24)7-9-19/h1-2,4-9H,3,10-15,17H2. The minimum absolute atomic E-state index is 0.143. The molecule has 0 bridgehead atoms. The van der Waals surface area contributed by atoms with E-state index >= 15 is 0 Å². The van der Waals surface area contributed by atoms with Crippen molar-refractivity contribution < 1.29 is 9.18 Å². The monoisotopic (exact) mass is 397 g/mol. The lowest BCUT2D eigenvalue weighted by Crippen LogP contribution is -2.35. The van der Waals surface area contributed by atoms with Crippen molar-refractivity contribution in [1.29, 1.82) is 5.26 Å². The first kappa shape index (κ1) is 20.4. The summed E-state index contributed by atoms with van der Waals surface area (Å²) < 4.78 is 13.6. The average molecular weight is 398 g/mol. The normalized spacial score (nSPS) is 15.1. The third-order valence-corrected chi connectivity index (χ3v) is 5.89. The molecule has 0 N–H and O–H groups in total. The van der Waals surface area contributed by atoms with Crippen LogP contribution in [-0.4, -0.2) is 47.6 Å². The zero-order valence-corrected chi connectivity index (χ0v) is 16.6. The second-order valence-electron chi connectivity index (χ2n) is 6.85. The maximum absolute atomic E-state index is 13.6. The fraction of sp³-hybridized carbons (Fsp3) is 0.364. The second-order valence-corrected chi connectivity index (χ2v) is 7.98. The van der Waals surface area contributed by atoms with Crippen LogP contribution in [0.15, 0.2) is 53.4 Å². The lowest BCUT2D eigenvalue weighted by Gasteiger charge is -2.22. The van der Waals surface area contributed by atoms with Crippen LogP contribution in [0.5, 0.6) is 0 Å². The summed E-state index contributed by atoms with van der Waals surface area (Å²) in [6.45, 7) is 4.11. The molecule has 1 aliphatic rings. The van der Waals surface area contributed by atoms with Gasteiger partial charge in [-0.05, 0) is 36.2 Å². The van der Waals surface area contributed by atoms with E-state index in [0.29, 0.717) is 22.6 Å². The van der Waals surface area contributed by atoms with E-state index in [-0.39, 0.29) is 11.7 Å². The average Bonchev–Trinajstić information content (AvgIpc) is 2.95. The summed E-state index contributed by atoms with van der Waals surface area (Å²) in [5.74, 6) is 0.503. The number of halogens is 1. The van der Waals surface area contributed by atoms with Gasteiger partial charge in [0, 0.05) is 49.8 Å². The Morgan fingerprint density at radius 1 is 1.07 bits per heavy atom. The lowest BCUT2D eigenvalue weighted by atomic mass is 10.1. The molecule has 3 rings (SSSR count). The molecule has 2 aromatic carbocycles. The van der Waals surface area contributed by atoms with E-state index in [1.54, 1.807) is 12.1 Å². The van der Waals surface area contributed by atoms with Gasteiger partial charge in [-0.1, -0.05) is 24.3 Å². The van der Waals surface area contributed by atoms with E-state index in [4.69, 9.17) is 5.26 Å². The highest BCUT2D eigenvalue weighted by molar-refractivity contribution is 7.99. The molecule has 4 nitrogen and oxygen atoms in total. The number of benzene rings is 2. The third-order valence-electron chi connectivity index (χ3n) is 4.84. The van der Waals surface area contributed by atoms with Gasteiger partial charge in [0.05, 0.1) is 11.6 Å². The summed E-state index contributed by atoms with van der Waals surface area (Å²) >= 11 is 1.39. The highest BCUT2D eigenvalue weighted by Gasteiger charge is 2.19. The van der Waals surface area contributed by atoms with Gasteiger partial charge in [0.25, 0.3) is 0 Å². The van der Waals surface area contributed by atoms with Crippen LogP contribution in [0.1, 0.15) is 24.0 Å². The Morgan fingerprint density at radius 3 is 2.61 bits per heavy atom. The van der Waals surface area contributed by atoms with Gasteiger partial charge in [-0.15, -0.1) is 11.8 Å². The van der Waals surface area contributed by atoms with Crippen molar-refractivity contribution in [3.05, 3.63) is 65.5 Å². The van der Waals surface area contributed by atoms with Crippen LogP contribution in [0, 0.1) is 17.1 Å². The summed E-state index contributed by atoms with van der Waals surface area (Å²) in [7, 11) is 0. The van der Waals surface area contributed by atoms with Gasteiger partial charge >= 0.3 is 0 Å². The van der Waals surface area contributed by atoms with E-state index in [1.165, 1.54) is 23.4 Å². The highest BCUT2D eigenvalue weighted by atomic mass is 32.2. The van der Waals surface area contributed by atoms with Crippen LogP contribution in [0.3, 0.4) is 0 Å². The highest BCUT2D eigenvalue weighted by Crippen LogP contribution is 2.22. The summed E-state index contributed by atoms with van der Waals surface area (Å²) in [5, 5.41) is 8.89. The Labute approximate surface area is 169 Å². The van der Waals surface area contributed by atoms with E-state index in [9.17, 15) is 9.18 Å². The molecule has 1 heterocycles. The minimum Gasteiger partial charge on any atom is -0.341 e. The molecule has 1 saturated heterocycles. The van der Waals surface area contributed by atoms with E-state index < -0.39 is 0 Å². The largest absolute Gasteiger partial charge is 0.341 e. The third kappa shape index (κ3) is 5.82. The number of hydrogen-bond acceptors (Lipinski definition) is 4. The molecule has 6 heteroatoms. The molecule has 1 amide bonds. The maximum Gasteiger partial charge on any atom is 0.223 e. The number of carbonyl (C=O) groups is 1. The maximum atomic E-state index is 13.6. The molecular formula is C22H24FN3OS. The molecule has 0 aliphatic carbocycles. The van der Waals surface area contributed by atoms with E-state index in [1.807, 2.05) is 35.2 Å². The van der Waals surface area contributed by atoms with E-state index in [0.717, 1.165) is 39.1 Å². The summed E-state index contributed by atoms with van der Waals surface area (Å²) in [4.78, 5) is 17.4. The number of hydrogen-bond donors (Lipinski definition) is 0. The minimum atomic E-state index is -0.229. The molecule has 0 saturated carbocycles. The molecule has 0 unspecified atom stereocenters. The smallest absolute Gasteiger partial charge is 0.223 e. The molecule has 0 aromatic heterocycles. The zero-order valence-electron chi connectivity index (χ0n) is 15.8. The predicted molar refractivity (Wildman–Crippen MR) is 109 cm³/mol. The number of nitrogens with zero attached hydrogens (tertiary/aromatic N) is 3.